The van der Waals surface area contributed by atoms with Crippen LogP contribution >= 0.6 is 22.7 Å². The van der Waals surface area contributed by atoms with E-state index in [1.54, 1.807) is 0 Å². The summed E-state index contributed by atoms with van der Waals surface area (Å²) in [5.74, 6) is 0. The lowest BCUT2D eigenvalue weighted by atomic mass is 9.82. The number of nitrogens with zero attached hydrogens (tertiary/aromatic N) is 6. The number of nitriles is 1. The zero-order valence-corrected chi connectivity index (χ0v) is 50.6. The predicted octanol–water partition coefficient (Wildman–Crippen LogP) is 22.4. The fourth-order valence-electron chi connectivity index (χ4n) is 14.5. The number of thiophene rings is 2. The summed E-state index contributed by atoms with van der Waals surface area (Å²) in [6, 6.07) is 73.8. The smallest absolute Gasteiger partial charge is 0.237 e. The Morgan fingerprint density at radius 3 is 1.45 bits per heavy atom. The molecule has 0 aliphatic rings. The van der Waals surface area contributed by atoms with Gasteiger partial charge in [0, 0.05) is 74.0 Å². The molecule has 410 valence electrons. The Bertz CT molecular complexity index is 5710. The third-order valence-electron chi connectivity index (χ3n) is 18.6. The van der Waals surface area contributed by atoms with Crippen LogP contribution in [0.4, 0.5) is 5.69 Å². The number of fused-ring (bicyclic) bond motifs is 20. The molecule has 11 aromatic carbocycles. The maximum atomic E-state index is 13.1. The molecule has 86 heavy (non-hydrogen) atoms. The van der Waals surface area contributed by atoms with Gasteiger partial charge < -0.3 is 18.3 Å². The molecule has 17 aromatic rings. The van der Waals surface area contributed by atoms with E-state index in [0.29, 0.717) is 28.3 Å². The topological polar surface area (TPSA) is 47.9 Å². The van der Waals surface area contributed by atoms with E-state index in [0.717, 1.165) is 113 Å². The number of aromatic nitrogens is 4. The molecule has 0 radical (unpaired) electrons. The van der Waals surface area contributed by atoms with Gasteiger partial charge in [-0.05, 0) is 114 Å². The number of aryl methyl sites for hydroxylation is 2. The number of hydrogen-bond donors (Lipinski definition) is 0. The monoisotopic (exact) mass is 1140 g/mol. The Labute approximate surface area is 504 Å². The van der Waals surface area contributed by atoms with Gasteiger partial charge in [0.2, 0.25) is 5.69 Å². The highest BCUT2D eigenvalue weighted by Gasteiger charge is 2.37. The zero-order valence-electron chi connectivity index (χ0n) is 49.0. The van der Waals surface area contributed by atoms with Crippen molar-refractivity contribution in [2.75, 3.05) is 0 Å². The van der Waals surface area contributed by atoms with Gasteiger partial charge in [-0.1, -0.05) is 169 Å². The average Bonchev–Trinajstić information content (AvgIpc) is 1.64. The minimum atomic E-state index is -0.236. The summed E-state index contributed by atoms with van der Waals surface area (Å²) >= 11 is 3.62. The second kappa shape index (κ2) is 17.8. The molecular weight excluding hydrogens is 1090 g/mol. The van der Waals surface area contributed by atoms with E-state index in [1.807, 2.05) is 22.7 Å². The van der Waals surface area contributed by atoms with Gasteiger partial charge >= 0.3 is 0 Å². The van der Waals surface area contributed by atoms with Crippen LogP contribution in [0.5, 0.6) is 0 Å². The molecule has 8 heteroatoms. The first-order valence-corrected chi connectivity index (χ1v) is 31.1. The van der Waals surface area contributed by atoms with Crippen molar-refractivity contribution >= 4 is 156 Å². The number of hydrogen-bond acceptors (Lipinski definition) is 3. The van der Waals surface area contributed by atoms with Gasteiger partial charge in [0.1, 0.15) is 6.07 Å². The maximum absolute atomic E-state index is 13.1. The number of benzene rings is 11. The van der Waals surface area contributed by atoms with Crippen LogP contribution in [0.2, 0.25) is 0 Å². The molecule has 0 spiro atoms. The van der Waals surface area contributed by atoms with E-state index < -0.39 is 0 Å². The third-order valence-corrected chi connectivity index (χ3v) is 21.0. The quantitative estimate of drug-likeness (QED) is 0.162. The number of rotatable bonds is 4. The van der Waals surface area contributed by atoms with Crippen molar-refractivity contribution in [2.45, 2.75) is 66.2 Å². The highest BCUT2D eigenvalue weighted by molar-refractivity contribution is 7.27. The van der Waals surface area contributed by atoms with Crippen molar-refractivity contribution in [1.29, 1.82) is 5.26 Å². The number of para-hydroxylation sites is 4. The van der Waals surface area contributed by atoms with Crippen LogP contribution in [-0.4, -0.2) is 18.3 Å². The Balaban J connectivity index is 1.22. The molecule has 0 fully saturated rings. The molecule has 0 aliphatic carbocycles. The Hall–Kier alpha value is -9.96. The van der Waals surface area contributed by atoms with Crippen LogP contribution in [0.15, 0.2) is 194 Å². The first kappa shape index (κ1) is 50.5. The minimum Gasteiger partial charge on any atom is -0.317 e. The lowest BCUT2D eigenvalue weighted by molar-refractivity contribution is 0.591. The van der Waals surface area contributed by atoms with Gasteiger partial charge in [0.15, 0.2) is 0 Å². The first-order valence-electron chi connectivity index (χ1n) is 29.5. The third kappa shape index (κ3) is 6.74. The molecule has 6 aromatic heterocycles. The summed E-state index contributed by atoms with van der Waals surface area (Å²) in [6.07, 6.45) is 0. The van der Waals surface area contributed by atoms with Crippen LogP contribution in [0, 0.1) is 31.8 Å². The van der Waals surface area contributed by atoms with Crippen LogP contribution in [-0.2, 0) is 10.8 Å². The van der Waals surface area contributed by atoms with Gasteiger partial charge in [-0.25, -0.2) is 4.85 Å². The fourth-order valence-corrected chi connectivity index (χ4v) is 17.0. The second-order valence-electron chi connectivity index (χ2n) is 25.5. The predicted molar refractivity (Wildman–Crippen MR) is 367 cm³/mol. The molecule has 6 heterocycles. The zero-order chi connectivity index (χ0) is 58.4. The first-order chi connectivity index (χ1) is 41.7. The van der Waals surface area contributed by atoms with Crippen molar-refractivity contribution in [2.24, 2.45) is 0 Å². The Morgan fingerprint density at radius 1 is 0.395 bits per heavy atom. The van der Waals surface area contributed by atoms with Crippen molar-refractivity contribution in [3.63, 3.8) is 0 Å². The summed E-state index contributed by atoms with van der Waals surface area (Å²) in [7, 11) is 0. The minimum absolute atomic E-state index is 0.176. The summed E-state index contributed by atoms with van der Waals surface area (Å²) in [6.45, 7) is 28.4. The highest BCUT2D eigenvalue weighted by atomic mass is 32.1. The van der Waals surface area contributed by atoms with Crippen LogP contribution in [0.1, 0.15) is 69.4 Å². The lowest BCUT2D eigenvalue weighted by Gasteiger charge is -2.28. The van der Waals surface area contributed by atoms with E-state index in [2.05, 4.69) is 274 Å². The van der Waals surface area contributed by atoms with Crippen LogP contribution in [0.25, 0.3) is 155 Å². The van der Waals surface area contributed by atoms with E-state index in [9.17, 15) is 11.8 Å². The molecule has 0 bridgehead atoms. The average molecular weight is 1140 g/mol. The van der Waals surface area contributed by atoms with E-state index in [1.165, 1.54) is 42.2 Å². The van der Waals surface area contributed by atoms with Crippen molar-refractivity contribution in [3.8, 4) is 28.8 Å². The molecular formula is C78H56N6S2. The van der Waals surface area contributed by atoms with Gasteiger partial charge in [-0.2, -0.15) is 5.26 Å². The van der Waals surface area contributed by atoms with Gasteiger partial charge in [0.05, 0.1) is 88.4 Å². The highest BCUT2D eigenvalue weighted by Crippen LogP contribution is 2.55. The fraction of sp³-hybridized carbons (Fsp3) is 0.128. The molecule has 0 saturated carbocycles. The van der Waals surface area contributed by atoms with Crippen LogP contribution < -0.4 is 0 Å². The Morgan fingerprint density at radius 2 is 0.872 bits per heavy atom. The SMILES string of the molecule is [C-]#[N+]c1c(-n2c3ccccc3c3ccccc32)c(-n2c3cc(C)c(C)cc3c3ccc4c5ccccc5sc4c32)c(-n2c3ccccc3c3ccccc32)c(C#N)c1-n1c2ccc(C(C)(C)C)cc2c2cc(C(C)(C)C)c3c4ccccc4sc3c21. The Kier molecular flexibility index (Phi) is 10.5. The summed E-state index contributed by atoms with van der Waals surface area (Å²) in [4.78, 5) is 5.00. The molecule has 0 unspecified atom stereocenters. The van der Waals surface area contributed by atoms with E-state index >= 15 is 0 Å². The molecule has 6 nitrogen and oxygen atoms in total. The normalized spacial score (nSPS) is 12.6. The summed E-state index contributed by atoms with van der Waals surface area (Å²) in [5, 5.41) is 26.5. The molecule has 0 saturated heterocycles. The van der Waals surface area contributed by atoms with Crippen molar-refractivity contribution in [1.82, 2.24) is 18.3 Å². The van der Waals surface area contributed by atoms with Gasteiger partial charge in [-0.15, -0.1) is 22.7 Å². The second-order valence-corrected chi connectivity index (χ2v) is 27.6. The maximum Gasteiger partial charge on any atom is 0.237 e. The van der Waals surface area contributed by atoms with Crippen LogP contribution in [0.3, 0.4) is 0 Å². The van der Waals surface area contributed by atoms with Crippen molar-refractivity contribution in [3.05, 3.63) is 233 Å². The van der Waals surface area contributed by atoms with E-state index in [4.69, 9.17) is 4.85 Å². The standard InChI is InChI=1S/C78H56N6S2/c1-43-38-54-51-35-36-52-50-26-14-20-32-65(50)85-75(52)71(51)84(64(54)39-44(43)2)74-70(81-59-28-16-10-22-46(59)47-23-11-17-29-60(47)81)57(42-79)69(68(80-9)73(74)82-61-30-18-12-24-48(61)49-25-13-19-31-62(49)82)83-63-37-34-45(77(3,4)5)40-55(63)56-41-58(78(6,7)8)67-53-27-15-21-33-66(53)86-76(67)72(56)83/h10-41H,1-8H3. The summed E-state index contributed by atoms with van der Waals surface area (Å²) < 4.78 is 14.2. The largest absolute Gasteiger partial charge is 0.317 e. The van der Waals surface area contributed by atoms with Gasteiger partial charge in [0.25, 0.3) is 0 Å². The van der Waals surface area contributed by atoms with E-state index in [-0.39, 0.29) is 10.8 Å². The van der Waals surface area contributed by atoms with Gasteiger partial charge in [-0.3, -0.25) is 0 Å². The summed E-state index contributed by atoms with van der Waals surface area (Å²) in [5.41, 5.74) is 15.7. The molecule has 0 amide bonds. The molecule has 0 N–H and O–H groups in total. The van der Waals surface area contributed by atoms with Crippen molar-refractivity contribution < 1.29 is 0 Å². The molecule has 17 rings (SSSR count). The molecule has 0 aliphatic heterocycles. The lowest BCUT2D eigenvalue weighted by Crippen LogP contribution is -2.15. The molecule has 0 atom stereocenters.